The van der Waals surface area contributed by atoms with Crippen molar-refractivity contribution in [2.75, 3.05) is 31.1 Å². The first kappa shape index (κ1) is 15.6. The van der Waals surface area contributed by atoms with E-state index in [0.717, 1.165) is 37.6 Å². The lowest BCUT2D eigenvalue weighted by Gasteiger charge is -2.34. The van der Waals surface area contributed by atoms with Crippen LogP contribution in [0.15, 0.2) is 0 Å². The molecular weight excluding hydrogens is 248 g/mol. The minimum absolute atomic E-state index is 0.170. The highest BCUT2D eigenvalue weighted by Gasteiger charge is 2.27. The average molecular weight is 274 g/mol. The number of amides is 1. The van der Waals surface area contributed by atoms with E-state index in [4.69, 9.17) is 10.5 Å². The fourth-order valence-corrected chi connectivity index (χ4v) is 2.97. The van der Waals surface area contributed by atoms with Gasteiger partial charge in [0.15, 0.2) is 0 Å². The van der Waals surface area contributed by atoms with E-state index in [1.54, 1.807) is 0 Å². The summed E-state index contributed by atoms with van der Waals surface area (Å²) in [7, 11) is 0. The third-order valence-corrected chi connectivity index (χ3v) is 4.02. The zero-order valence-corrected chi connectivity index (χ0v) is 12.6. The van der Waals surface area contributed by atoms with Crippen LogP contribution < -0.4 is 5.73 Å². The molecule has 5 heteroatoms. The monoisotopic (exact) mass is 274 g/mol. The van der Waals surface area contributed by atoms with Crippen molar-refractivity contribution in [1.29, 1.82) is 0 Å². The molecule has 106 valence electrons. The predicted octanol–water partition coefficient (Wildman–Crippen LogP) is 2.33. The van der Waals surface area contributed by atoms with Gasteiger partial charge in [-0.05, 0) is 45.3 Å². The van der Waals surface area contributed by atoms with E-state index in [1.807, 2.05) is 37.4 Å². The van der Waals surface area contributed by atoms with Gasteiger partial charge >= 0.3 is 6.09 Å². The average Bonchev–Trinajstić information content (AvgIpc) is 2.27. The highest BCUT2D eigenvalue weighted by molar-refractivity contribution is 7.99. The lowest BCUT2D eigenvalue weighted by atomic mass is 10.0. The molecule has 0 saturated carbocycles. The molecular formula is C13H26N2O2S. The third kappa shape index (κ3) is 5.96. The maximum Gasteiger partial charge on any atom is 0.410 e. The Kier molecular flexibility index (Phi) is 6.29. The first-order valence-corrected chi connectivity index (χ1v) is 7.83. The van der Waals surface area contributed by atoms with E-state index in [9.17, 15) is 4.79 Å². The van der Waals surface area contributed by atoms with Crippen molar-refractivity contribution in [1.82, 2.24) is 4.90 Å². The summed E-state index contributed by atoms with van der Waals surface area (Å²) in [6.45, 7) is 8.10. The number of ether oxygens (including phenoxy) is 1. The molecule has 1 rings (SSSR count). The van der Waals surface area contributed by atoms with Crippen molar-refractivity contribution in [3.63, 3.8) is 0 Å². The Labute approximate surface area is 115 Å². The van der Waals surface area contributed by atoms with E-state index >= 15 is 0 Å². The van der Waals surface area contributed by atoms with Crippen LogP contribution in [-0.4, -0.2) is 47.7 Å². The number of rotatable bonds is 4. The first-order valence-electron chi connectivity index (χ1n) is 6.68. The smallest absolute Gasteiger partial charge is 0.410 e. The van der Waals surface area contributed by atoms with Gasteiger partial charge in [-0.2, -0.15) is 11.8 Å². The minimum atomic E-state index is -0.404. The van der Waals surface area contributed by atoms with Crippen molar-refractivity contribution in [2.24, 2.45) is 11.7 Å². The quantitative estimate of drug-likeness (QED) is 0.799. The SMILES string of the molecule is CC(C)(C)OC(=O)N1CCCC(CSCCN)C1. The van der Waals surface area contributed by atoms with Gasteiger partial charge in [0.1, 0.15) is 5.60 Å². The molecule has 1 amide bonds. The Morgan fingerprint density at radius 2 is 2.22 bits per heavy atom. The number of likely N-dealkylation sites (tertiary alicyclic amines) is 1. The summed E-state index contributed by atoms with van der Waals surface area (Å²) in [5.41, 5.74) is 5.08. The maximum absolute atomic E-state index is 12.0. The zero-order valence-electron chi connectivity index (χ0n) is 11.8. The molecule has 18 heavy (non-hydrogen) atoms. The van der Waals surface area contributed by atoms with E-state index in [-0.39, 0.29) is 6.09 Å². The summed E-state index contributed by atoms with van der Waals surface area (Å²) in [5.74, 6) is 2.68. The molecule has 0 aliphatic carbocycles. The summed E-state index contributed by atoms with van der Waals surface area (Å²) >= 11 is 1.88. The lowest BCUT2D eigenvalue weighted by molar-refractivity contribution is 0.0177. The van der Waals surface area contributed by atoms with Crippen LogP contribution in [0.25, 0.3) is 0 Å². The number of nitrogens with two attached hydrogens (primary N) is 1. The molecule has 0 aromatic heterocycles. The van der Waals surface area contributed by atoms with Crippen LogP contribution in [0.1, 0.15) is 33.6 Å². The van der Waals surface area contributed by atoms with Crippen molar-refractivity contribution in [3.8, 4) is 0 Å². The van der Waals surface area contributed by atoms with E-state index in [1.165, 1.54) is 6.42 Å². The normalized spacial score (nSPS) is 20.9. The second-order valence-corrected chi connectivity index (χ2v) is 6.95. The van der Waals surface area contributed by atoms with Crippen molar-refractivity contribution in [2.45, 2.75) is 39.2 Å². The molecule has 1 atom stereocenters. The summed E-state index contributed by atoms with van der Waals surface area (Å²) in [4.78, 5) is 13.8. The molecule has 1 aliphatic rings. The van der Waals surface area contributed by atoms with Crippen LogP contribution in [0.5, 0.6) is 0 Å². The van der Waals surface area contributed by atoms with Gasteiger partial charge < -0.3 is 15.4 Å². The Morgan fingerprint density at radius 3 is 2.83 bits per heavy atom. The molecule has 0 radical (unpaired) electrons. The van der Waals surface area contributed by atoms with Gasteiger partial charge in [0.05, 0.1) is 0 Å². The number of thioether (sulfide) groups is 1. The molecule has 0 spiro atoms. The van der Waals surface area contributed by atoms with Crippen LogP contribution in [0, 0.1) is 5.92 Å². The van der Waals surface area contributed by atoms with Crippen LogP contribution in [-0.2, 0) is 4.74 Å². The van der Waals surface area contributed by atoms with Gasteiger partial charge in [-0.15, -0.1) is 0 Å². The highest BCUT2D eigenvalue weighted by Crippen LogP contribution is 2.22. The first-order chi connectivity index (χ1) is 8.42. The van der Waals surface area contributed by atoms with E-state index < -0.39 is 5.60 Å². The molecule has 2 N–H and O–H groups in total. The lowest BCUT2D eigenvalue weighted by Crippen LogP contribution is -2.43. The topological polar surface area (TPSA) is 55.6 Å². The molecule has 1 unspecified atom stereocenters. The second-order valence-electron chi connectivity index (χ2n) is 5.80. The molecule has 1 aliphatic heterocycles. The Morgan fingerprint density at radius 1 is 1.50 bits per heavy atom. The molecule has 0 bridgehead atoms. The molecule has 0 aromatic rings. The summed E-state index contributed by atoms with van der Waals surface area (Å²) in [6, 6.07) is 0. The Bertz CT molecular complexity index is 266. The van der Waals surface area contributed by atoms with Gasteiger partial charge in [0.2, 0.25) is 0 Å². The van der Waals surface area contributed by atoms with Crippen LogP contribution in [0.2, 0.25) is 0 Å². The fourth-order valence-electron chi connectivity index (χ4n) is 2.03. The van der Waals surface area contributed by atoms with Crippen LogP contribution in [0.3, 0.4) is 0 Å². The van der Waals surface area contributed by atoms with Crippen molar-refractivity contribution >= 4 is 17.9 Å². The van der Waals surface area contributed by atoms with Gasteiger partial charge in [0.25, 0.3) is 0 Å². The Balaban J connectivity index is 2.36. The number of nitrogens with zero attached hydrogens (tertiary/aromatic N) is 1. The predicted molar refractivity (Wildman–Crippen MR) is 76.9 cm³/mol. The zero-order chi connectivity index (χ0) is 13.6. The Hall–Kier alpha value is -0.420. The molecule has 1 heterocycles. The number of carbonyl (C=O) groups excluding carboxylic acids is 1. The molecule has 1 fully saturated rings. The maximum atomic E-state index is 12.0. The minimum Gasteiger partial charge on any atom is -0.444 e. The van der Waals surface area contributed by atoms with Gasteiger partial charge in [-0.25, -0.2) is 4.79 Å². The second kappa shape index (κ2) is 7.24. The number of piperidine rings is 1. The highest BCUT2D eigenvalue weighted by atomic mass is 32.2. The van der Waals surface area contributed by atoms with Crippen LogP contribution >= 0.6 is 11.8 Å². The van der Waals surface area contributed by atoms with Gasteiger partial charge in [-0.3, -0.25) is 0 Å². The molecule has 0 aromatic carbocycles. The third-order valence-electron chi connectivity index (χ3n) is 2.79. The van der Waals surface area contributed by atoms with Crippen molar-refractivity contribution < 1.29 is 9.53 Å². The standard InChI is InChI=1S/C13H26N2O2S/c1-13(2,3)17-12(16)15-7-4-5-11(9-15)10-18-8-6-14/h11H,4-10,14H2,1-3H3. The van der Waals surface area contributed by atoms with Crippen LogP contribution in [0.4, 0.5) is 4.79 Å². The summed E-state index contributed by atoms with van der Waals surface area (Å²) in [6.07, 6.45) is 2.11. The van der Waals surface area contributed by atoms with Gasteiger partial charge in [-0.1, -0.05) is 0 Å². The molecule has 4 nitrogen and oxygen atoms in total. The van der Waals surface area contributed by atoms with E-state index in [0.29, 0.717) is 5.92 Å². The summed E-state index contributed by atoms with van der Waals surface area (Å²) in [5, 5.41) is 0. The fraction of sp³-hybridized carbons (Fsp3) is 0.923. The van der Waals surface area contributed by atoms with E-state index in [2.05, 4.69) is 0 Å². The number of hydrogen-bond acceptors (Lipinski definition) is 4. The largest absolute Gasteiger partial charge is 0.444 e. The summed E-state index contributed by atoms with van der Waals surface area (Å²) < 4.78 is 5.41. The van der Waals surface area contributed by atoms with Crippen molar-refractivity contribution in [3.05, 3.63) is 0 Å². The number of carbonyl (C=O) groups is 1. The number of hydrogen-bond donors (Lipinski definition) is 1. The van der Waals surface area contributed by atoms with Gasteiger partial charge in [0, 0.05) is 25.4 Å². The molecule has 1 saturated heterocycles.